The van der Waals surface area contributed by atoms with Gasteiger partial charge < -0.3 is 14.8 Å². The predicted molar refractivity (Wildman–Crippen MR) is 78.4 cm³/mol. The molecule has 21 heavy (non-hydrogen) atoms. The van der Waals surface area contributed by atoms with E-state index in [2.05, 4.69) is 15.3 Å². The molecule has 1 aliphatic heterocycles. The Bertz CT molecular complexity index is 686. The first-order valence-corrected chi connectivity index (χ1v) is 6.88. The van der Waals surface area contributed by atoms with Crippen molar-refractivity contribution < 1.29 is 14.3 Å². The molecule has 110 valence electrons. The second-order valence-corrected chi connectivity index (χ2v) is 5.22. The normalized spacial score (nSPS) is 21.6. The highest BCUT2D eigenvalue weighted by atomic mass is 35.5. The fourth-order valence-electron chi connectivity index (χ4n) is 2.25. The first-order valence-electron chi connectivity index (χ1n) is 6.51. The Morgan fingerprint density at radius 3 is 2.90 bits per heavy atom. The van der Waals surface area contributed by atoms with Crippen molar-refractivity contribution in [1.82, 2.24) is 9.97 Å². The van der Waals surface area contributed by atoms with Crippen LogP contribution in [-0.4, -0.2) is 41.8 Å². The van der Waals surface area contributed by atoms with E-state index in [1.807, 2.05) is 12.1 Å². The van der Waals surface area contributed by atoms with Crippen LogP contribution >= 0.6 is 11.6 Å². The smallest absolute Gasteiger partial charge is 0.260 e. The van der Waals surface area contributed by atoms with E-state index in [4.69, 9.17) is 21.1 Å². The highest BCUT2D eigenvalue weighted by Crippen LogP contribution is 2.24. The molecule has 6 nitrogen and oxygen atoms in total. The summed E-state index contributed by atoms with van der Waals surface area (Å²) in [6, 6.07) is 7.06. The maximum Gasteiger partial charge on any atom is 0.260 e. The third-order valence-corrected chi connectivity index (χ3v) is 3.76. The number of pyridine rings is 2. The van der Waals surface area contributed by atoms with Gasteiger partial charge in [0.25, 0.3) is 5.91 Å². The van der Waals surface area contributed by atoms with E-state index < -0.39 is 5.60 Å². The van der Waals surface area contributed by atoms with Crippen molar-refractivity contribution in [1.29, 1.82) is 0 Å². The van der Waals surface area contributed by atoms with E-state index in [-0.39, 0.29) is 12.5 Å². The molecule has 0 aliphatic carbocycles. The van der Waals surface area contributed by atoms with Gasteiger partial charge in [0.2, 0.25) is 0 Å². The van der Waals surface area contributed by atoms with E-state index in [1.165, 1.54) is 7.11 Å². The van der Waals surface area contributed by atoms with Gasteiger partial charge in [0.05, 0.1) is 13.2 Å². The number of rotatable bonds is 3. The van der Waals surface area contributed by atoms with Crippen LogP contribution in [0.25, 0.3) is 11.0 Å². The van der Waals surface area contributed by atoms with Crippen molar-refractivity contribution in [3.05, 3.63) is 29.4 Å². The van der Waals surface area contributed by atoms with Gasteiger partial charge in [0, 0.05) is 18.9 Å². The molecule has 1 unspecified atom stereocenters. The number of fused-ring (bicyclic) bond motifs is 1. The number of aromatic nitrogens is 2. The highest BCUT2D eigenvalue weighted by Gasteiger charge is 2.42. The zero-order valence-electron chi connectivity index (χ0n) is 11.4. The number of carbonyl (C=O) groups is 1. The van der Waals surface area contributed by atoms with Gasteiger partial charge in [-0.1, -0.05) is 11.6 Å². The maximum absolute atomic E-state index is 12.4. The molecule has 1 N–H and O–H groups in total. The second-order valence-electron chi connectivity index (χ2n) is 4.83. The zero-order chi connectivity index (χ0) is 14.9. The molecule has 1 fully saturated rings. The summed E-state index contributed by atoms with van der Waals surface area (Å²) < 4.78 is 10.6. The number of hydrogen-bond donors (Lipinski definition) is 1. The molecule has 1 saturated heterocycles. The van der Waals surface area contributed by atoms with Crippen molar-refractivity contribution in [2.24, 2.45) is 0 Å². The Hall–Kier alpha value is -1.76. The lowest BCUT2D eigenvalue weighted by atomic mass is 10.0. The minimum atomic E-state index is -0.946. The average Bonchev–Trinajstić information content (AvgIpc) is 2.97. The number of methoxy groups -OCH3 is 1. The molecule has 1 atom stereocenters. The lowest BCUT2D eigenvalue weighted by molar-refractivity contribution is -0.137. The van der Waals surface area contributed by atoms with Crippen LogP contribution in [0.4, 0.5) is 5.82 Å². The van der Waals surface area contributed by atoms with Crippen molar-refractivity contribution >= 4 is 34.4 Å². The van der Waals surface area contributed by atoms with Gasteiger partial charge in [-0.3, -0.25) is 4.79 Å². The number of anilines is 1. The number of hydrogen-bond acceptors (Lipinski definition) is 5. The molecule has 0 bridgehead atoms. The molecular formula is C14H14ClN3O3. The van der Waals surface area contributed by atoms with Gasteiger partial charge in [-0.2, -0.15) is 0 Å². The molecule has 3 heterocycles. The van der Waals surface area contributed by atoms with Crippen LogP contribution in [0.5, 0.6) is 0 Å². The van der Waals surface area contributed by atoms with Gasteiger partial charge >= 0.3 is 0 Å². The quantitative estimate of drug-likeness (QED) is 0.878. The molecule has 2 aromatic heterocycles. The molecule has 0 spiro atoms. The van der Waals surface area contributed by atoms with Gasteiger partial charge in [0.1, 0.15) is 11.0 Å². The molecule has 0 radical (unpaired) electrons. The Labute approximate surface area is 126 Å². The molecule has 1 aliphatic rings. The third-order valence-electron chi connectivity index (χ3n) is 3.55. The topological polar surface area (TPSA) is 73.3 Å². The molecule has 7 heteroatoms. The van der Waals surface area contributed by atoms with E-state index in [1.54, 1.807) is 12.1 Å². The van der Waals surface area contributed by atoms with Gasteiger partial charge in [0.15, 0.2) is 11.2 Å². The summed E-state index contributed by atoms with van der Waals surface area (Å²) in [5.41, 5.74) is -0.465. The van der Waals surface area contributed by atoms with Crippen LogP contribution in [0.2, 0.25) is 5.15 Å². The largest absolute Gasteiger partial charge is 0.378 e. The average molecular weight is 308 g/mol. The second kappa shape index (κ2) is 5.55. The van der Waals surface area contributed by atoms with E-state index in [0.29, 0.717) is 29.6 Å². The Morgan fingerprint density at radius 1 is 1.38 bits per heavy atom. The Kier molecular flexibility index (Phi) is 3.75. The van der Waals surface area contributed by atoms with Crippen molar-refractivity contribution in [2.45, 2.75) is 12.0 Å². The number of amides is 1. The SMILES string of the molecule is COC1(C(=O)Nc2ccc3ccc(Cl)nc3n2)CCOC1. The van der Waals surface area contributed by atoms with E-state index >= 15 is 0 Å². The number of carbonyl (C=O) groups excluding carboxylic acids is 1. The number of nitrogens with zero attached hydrogens (tertiary/aromatic N) is 2. The fraction of sp³-hybridized carbons (Fsp3) is 0.357. The summed E-state index contributed by atoms with van der Waals surface area (Å²) in [5, 5.41) is 3.96. The molecule has 1 amide bonds. The first-order chi connectivity index (χ1) is 10.1. The fourth-order valence-corrected chi connectivity index (χ4v) is 2.40. The third kappa shape index (κ3) is 2.70. The predicted octanol–water partition coefficient (Wildman–Crippen LogP) is 2.03. The number of nitrogens with one attached hydrogen (secondary N) is 1. The number of halogens is 1. The Morgan fingerprint density at radius 2 is 2.19 bits per heavy atom. The molecule has 0 saturated carbocycles. The minimum Gasteiger partial charge on any atom is -0.378 e. The maximum atomic E-state index is 12.4. The zero-order valence-corrected chi connectivity index (χ0v) is 12.2. The van der Waals surface area contributed by atoms with Gasteiger partial charge in [-0.05, 0) is 24.3 Å². The van der Waals surface area contributed by atoms with Crippen LogP contribution < -0.4 is 5.32 Å². The lowest BCUT2D eigenvalue weighted by Gasteiger charge is -2.23. The summed E-state index contributed by atoms with van der Waals surface area (Å²) in [6.45, 7) is 0.747. The van der Waals surface area contributed by atoms with Gasteiger partial charge in [-0.25, -0.2) is 9.97 Å². The van der Waals surface area contributed by atoms with Crippen LogP contribution in [0.3, 0.4) is 0 Å². The van der Waals surface area contributed by atoms with Gasteiger partial charge in [-0.15, -0.1) is 0 Å². The van der Waals surface area contributed by atoms with Crippen LogP contribution in [0, 0.1) is 0 Å². The van der Waals surface area contributed by atoms with Crippen molar-refractivity contribution in [3.8, 4) is 0 Å². The number of ether oxygens (including phenoxy) is 2. The first kappa shape index (κ1) is 14.2. The summed E-state index contributed by atoms with van der Waals surface area (Å²) in [4.78, 5) is 20.8. The van der Waals surface area contributed by atoms with Crippen LogP contribution in [0.1, 0.15) is 6.42 Å². The van der Waals surface area contributed by atoms with Crippen molar-refractivity contribution in [2.75, 3.05) is 25.6 Å². The standard InChI is InChI=1S/C14H14ClN3O3/c1-20-14(6-7-21-8-14)13(19)18-11-5-3-9-2-4-10(15)16-12(9)17-11/h2-5H,6-8H2,1H3,(H,16,17,18,19). The summed E-state index contributed by atoms with van der Waals surface area (Å²) in [5.74, 6) is 0.141. The highest BCUT2D eigenvalue weighted by molar-refractivity contribution is 6.29. The van der Waals surface area contributed by atoms with Crippen LogP contribution in [-0.2, 0) is 14.3 Å². The lowest BCUT2D eigenvalue weighted by Crippen LogP contribution is -2.45. The molecule has 0 aromatic carbocycles. The molecule has 3 rings (SSSR count). The minimum absolute atomic E-state index is 0.243. The Balaban J connectivity index is 1.85. The van der Waals surface area contributed by atoms with E-state index in [9.17, 15) is 4.79 Å². The van der Waals surface area contributed by atoms with Crippen LogP contribution in [0.15, 0.2) is 24.3 Å². The summed E-state index contributed by atoms with van der Waals surface area (Å²) >= 11 is 5.85. The molecule has 2 aromatic rings. The van der Waals surface area contributed by atoms with Crippen molar-refractivity contribution in [3.63, 3.8) is 0 Å². The van der Waals surface area contributed by atoms with E-state index in [0.717, 1.165) is 5.39 Å². The summed E-state index contributed by atoms with van der Waals surface area (Å²) in [7, 11) is 1.50. The summed E-state index contributed by atoms with van der Waals surface area (Å²) in [6.07, 6.45) is 0.521. The molecular weight excluding hydrogens is 294 g/mol. The monoisotopic (exact) mass is 307 g/mol.